The number of methoxy groups -OCH3 is 1. The number of carbonyl (C=O) groups is 1. The topological polar surface area (TPSA) is 116 Å². The Morgan fingerprint density at radius 3 is 2.31 bits per heavy atom. The van der Waals surface area contributed by atoms with Crippen molar-refractivity contribution in [3.63, 3.8) is 0 Å². The van der Waals surface area contributed by atoms with E-state index in [1.165, 1.54) is 0 Å². The molecule has 0 saturated carbocycles. The number of sulfone groups is 1. The van der Waals surface area contributed by atoms with E-state index >= 15 is 0 Å². The Labute approximate surface area is 311 Å². The van der Waals surface area contributed by atoms with Crippen molar-refractivity contribution >= 4 is 15.8 Å². The second kappa shape index (κ2) is 17.1. The summed E-state index contributed by atoms with van der Waals surface area (Å²) in [6, 6.07) is 8.57. The van der Waals surface area contributed by atoms with Gasteiger partial charge in [0.1, 0.15) is 0 Å². The maximum Gasteiger partial charge on any atom is 0.311 e. The van der Waals surface area contributed by atoms with E-state index in [1.54, 1.807) is 31.4 Å². The molecular weight excluding hydrogens is 685 g/mol. The zero-order chi connectivity index (χ0) is 37.8. The van der Waals surface area contributed by atoms with Gasteiger partial charge in [-0.25, -0.2) is 8.42 Å². The van der Waals surface area contributed by atoms with Gasteiger partial charge in [-0.05, 0) is 102 Å². The molecule has 11 heteroatoms. The molecule has 0 radical (unpaired) electrons. The third-order valence-corrected chi connectivity index (χ3v) is 12.8. The van der Waals surface area contributed by atoms with Crippen LogP contribution in [0.25, 0.3) is 0 Å². The van der Waals surface area contributed by atoms with Gasteiger partial charge in [-0.15, -0.1) is 0 Å². The first kappa shape index (κ1) is 41.1. The van der Waals surface area contributed by atoms with Crippen LogP contribution in [0.15, 0.2) is 59.5 Å². The zero-order valence-electron chi connectivity index (χ0n) is 32.3. The second-order valence-corrected chi connectivity index (χ2v) is 18.8. The monoisotopic (exact) mass is 746 g/mol. The van der Waals surface area contributed by atoms with Crippen LogP contribution >= 0.6 is 0 Å². The van der Waals surface area contributed by atoms with E-state index in [9.17, 15) is 13.2 Å². The third kappa shape index (κ3) is 10.5. The number of benzene rings is 1. The van der Waals surface area contributed by atoms with E-state index < -0.39 is 39.2 Å². The minimum atomic E-state index is -3.63. The highest BCUT2D eigenvalue weighted by molar-refractivity contribution is 7.91. The Hall–Kier alpha value is -2.12. The molecular formula is C41H62O10S. The van der Waals surface area contributed by atoms with Crippen LogP contribution in [0.2, 0.25) is 0 Å². The summed E-state index contributed by atoms with van der Waals surface area (Å²) in [5.41, 5.74) is 1.60. The molecule has 10 atom stereocenters. The van der Waals surface area contributed by atoms with Crippen molar-refractivity contribution < 1.29 is 46.4 Å². The SMILES string of the molecule is C=C1C[C@H](CCCOC(=O)C(C)(C)C)O[C@H]1CC[C@H]1C[C@@H](C)C(=C)[C@@H](C[C@@H]2O[C@H](C[C@H]3COC(C)(C)O3)[C@H](OC)[C@H]2CS(=O)(=O)c2ccccc2)O1. The summed E-state index contributed by atoms with van der Waals surface area (Å²) in [5.74, 6) is -1.17. The van der Waals surface area contributed by atoms with E-state index in [-0.39, 0.29) is 59.2 Å². The molecule has 292 valence electrons. The molecule has 4 fully saturated rings. The third-order valence-electron chi connectivity index (χ3n) is 11.0. The normalized spacial score (nSPS) is 33.8. The summed E-state index contributed by atoms with van der Waals surface area (Å²) < 4.78 is 70.8. The quantitative estimate of drug-likeness (QED) is 0.106. The number of hydrogen-bond donors (Lipinski definition) is 0. The Bertz CT molecular complexity index is 1480. The van der Waals surface area contributed by atoms with Gasteiger partial charge in [-0.3, -0.25) is 4.79 Å². The van der Waals surface area contributed by atoms with E-state index in [1.807, 2.05) is 40.7 Å². The Balaban J connectivity index is 1.21. The lowest BCUT2D eigenvalue weighted by Gasteiger charge is -2.38. The van der Waals surface area contributed by atoms with Gasteiger partial charge in [0.2, 0.25) is 0 Å². The molecule has 10 nitrogen and oxygen atoms in total. The van der Waals surface area contributed by atoms with Crippen LogP contribution in [0, 0.1) is 17.3 Å². The lowest BCUT2D eigenvalue weighted by atomic mass is 9.83. The maximum absolute atomic E-state index is 13.7. The maximum atomic E-state index is 13.7. The van der Waals surface area contributed by atoms with Gasteiger partial charge in [0.25, 0.3) is 0 Å². The smallest absolute Gasteiger partial charge is 0.311 e. The molecule has 4 saturated heterocycles. The van der Waals surface area contributed by atoms with Gasteiger partial charge in [-0.1, -0.05) is 38.3 Å². The van der Waals surface area contributed by atoms with Gasteiger partial charge in [0.05, 0.1) is 78.1 Å². The van der Waals surface area contributed by atoms with Crippen LogP contribution in [0.1, 0.15) is 92.9 Å². The summed E-state index contributed by atoms with van der Waals surface area (Å²) in [7, 11) is -2.01. The number of esters is 1. The molecule has 0 aliphatic carbocycles. The summed E-state index contributed by atoms with van der Waals surface area (Å²) in [5, 5.41) is 0. The Morgan fingerprint density at radius 1 is 0.942 bits per heavy atom. The minimum absolute atomic E-state index is 0.00838. The number of rotatable bonds is 15. The first-order valence-corrected chi connectivity index (χ1v) is 20.7. The highest BCUT2D eigenvalue weighted by Gasteiger charge is 2.50. The number of hydrogen-bond acceptors (Lipinski definition) is 10. The van der Waals surface area contributed by atoms with Gasteiger partial charge in [-0.2, -0.15) is 0 Å². The molecule has 0 amide bonds. The predicted octanol–water partition coefficient (Wildman–Crippen LogP) is 7.00. The first-order valence-electron chi connectivity index (χ1n) is 19.1. The molecule has 0 bridgehead atoms. The highest BCUT2D eigenvalue weighted by atomic mass is 32.2. The van der Waals surface area contributed by atoms with Crippen LogP contribution in [0.5, 0.6) is 0 Å². The van der Waals surface area contributed by atoms with Gasteiger partial charge >= 0.3 is 5.97 Å². The summed E-state index contributed by atoms with van der Waals surface area (Å²) in [6.07, 6.45) is 4.13. The molecule has 0 spiro atoms. The van der Waals surface area contributed by atoms with Crippen molar-refractivity contribution in [1.29, 1.82) is 0 Å². The van der Waals surface area contributed by atoms with Crippen molar-refractivity contribution in [2.75, 3.05) is 26.1 Å². The number of carbonyl (C=O) groups excluding carboxylic acids is 1. The molecule has 4 heterocycles. The lowest BCUT2D eigenvalue weighted by Crippen LogP contribution is -2.40. The van der Waals surface area contributed by atoms with Crippen LogP contribution < -0.4 is 0 Å². The number of ether oxygens (including phenoxy) is 7. The van der Waals surface area contributed by atoms with E-state index in [0.29, 0.717) is 26.1 Å². The summed E-state index contributed by atoms with van der Waals surface area (Å²) >= 11 is 0. The van der Waals surface area contributed by atoms with Crippen molar-refractivity contribution in [2.45, 2.75) is 152 Å². The average molecular weight is 747 g/mol. The molecule has 52 heavy (non-hydrogen) atoms. The zero-order valence-corrected chi connectivity index (χ0v) is 33.2. The van der Waals surface area contributed by atoms with Gasteiger partial charge in [0, 0.05) is 25.9 Å². The first-order chi connectivity index (χ1) is 24.5. The van der Waals surface area contributed by atoms with Crippen molar-refractivity contribution in [3.8, 4) is 0 Å². The molecule has 4 aliphatic heterocycles. The average Bonchev–Trinajstić information content (AvgIpc) is 3.72. The molecule has 0 unspecified atom stereocenters. The fourth-order valence-electron chi connectivity index (χ4n) is 8.07. The van der Waals surface area contributed by atoms with Crippen LogP contribution in [-0.2, 0) is 47.8 Å². The van der Waals surface area contributed by atoms with Crippen molar-refractivity contribution in [1.82, 2.24) is 0 Å². The molecule has 1 aromatic rings. The Morgan fingerprint density at radius 2 is 1.65 bits per heavy atom. The van der Waals surface area contributed by atoms with E-state index in [4.69, 9.17) is 33.2 Å². The predicted molar refractivity (Wildman–Crippen MR) is 198 cm³/mol. The van der Waals surface area contributed by atoms with E-state index in [2.05, 4.69) is 20.1 Å². The summed E-state index contributed by atoms with van der Waals surface area (Å²) in [4.78, 5) is 12.4. The molecule has 1 aromatic carbocycles. The minimum Gasteiger partial charge on any atom is -0.465 e. The fraction of sp³-hybridized carbons (Fsp3) is 0.732. The van der Waals surface area contributed by atoms with Gasteiger partial charge < -0.3 is 33.2 Å². The molecule has 0 aromatic heterocycles. The Kier molecular flexibility index (Phi) is 13.5. The summed E-state index contributed by atoms with van der Waals surface area (Å²) in [6.45, 7) is 21.1. The van der Waals surface area contributed by atoms with Gasteiger partial charge in [0.15, 0.2) is 15.6 Å². The van der Waals surface area contributed by atoms with E-state index in [0.717, 1.165) is 49.7 Å². The molecule has 4 aliphatic rings. The van der Waals surface area contributed by atoms with Crippen LogP contribution in [0.3, 0.4) is 0 Å². The van der Waals surface area contributed by atoms with Crippen LogP contribution in [0.4, 0.5) is 0 Å². The molecule has 0 N–H and O–H groups in total. The fourth-order valence-corrected chi connectivity index (χ4v) is 9.74. The van der Waals surface area contributed by atoms with Crippen LogP contribution in [-0.4, -0.2) is 95.1 Å². The lowest BCUT2D eigenvalue weighted by molar-refractivity contribution is -0.153. The molecule has 5 rings (SSSR count). The second-order valence-electron chi connectivity index (χ2n) is 16.8. The largest absolute Gasteiger partial charge is 0.465 e. The van der Waals surface area contributed by atoms with Crippen molar-refractivity contribution in [2.24, 2.45) is 17.3 Å². The van der Waals surface area contributed by atoms with Crippen molar-refractivity contribution in [3.05, 3.63) is 54.6 Å². The highest BCUT2D eigenvalue weighted by Crippen LogP contribution is 2.42. The standard InChI is InChI=1S/C41H62O10S/c1-26-20-30(17-18-34-27(2)21-29(48-34)14-13-19-46-39(42)40(4,5)6)49-35(28(26)3)23-36-33(25-52(43,44)32-15-11-10-12-16-32)38(45-9)37(50-36)22-31-24-47-41(7,8)51-31/h10-12,15-16,26,29-31,33-38H,2-3,13-14,17-25H2,1,4-9H3/t26-,29+,30+,31+,33+,34+,35-,36+,37-,38-/m1/s1.